The minimum absolute atomic E-state index is 0.634. The van der Waals surface area contributed by atoms with Gasteiger partial charge in [-0.3, -0.25) is 4.72 Å². The van der Waals surface area contributed by atoms with Crippen LogP contribution in [0.25, 0.3) is 11.3 Å². The van der Waals surface area contributed by atoms with Crippen LogP contribution in [0.2, 0.25) is 0 Å². The minimum atomic E-state index is 0.634. The van der Waals surface area contributed by atoms with Crippen molar-refractivity contribution in [1.82, 2.24) is 5.16 Å². The van der Waals surface area contributed by atoms with E-state index in [0.717, 1.165) is 17.0 Å². The van der Waals surface area contributed by atoms with E-state index < -0.39 is 0 Å². The quantitative estimate of drug-likeness (QED) is 0.656. The Bertz CT molecular complexity index is 731. The first-order valence-electron chi connectivity index (χ1n) is 6.70. The number of hydrogen-bond acceptors (Lipinski definition) is 6. The van der Waals surface area contributed by atoms with Crippen molar-refractivity contribution < 1.29 is 9.26 Å². The Morgan fingerprint density at radius 3 is 2.59 bits per heavy atom. The van der Waals surface area contributed by atoms with Crippen molar-refractivity contribution in [2.75, 3.05) is 16.6 Å². The zero-order chi connectivity index (χ0) is 15.2. The predicted molar refractivity (Wildman–Crippen MR) is 89.8 cm³/mol. The Kier molecular flexibility index (Phi) is 4.50. The summed E-state index contributed by atoms with van der Waals surface area (Å²) in [6.45, 7) is 0. The van der Waals surface area contributed by atoms with Crippen LogP contribution < -0.4 is 14.2 Å². The molecular formula is C16H15N3O2S. The molecule has 0 aliphatic carbocycles. The summed E-state index contributed by atoms with van der Waals surface area (Å²) in [7, 11) is 1.63. The van der Waals surface area contributed by atoms with Crippen LogP contribution in [0.1, 0.15) is 0 Å². The van der Waals surface area contributed by atoms with Crippen LogP contribution in [0.5, 0.6) is 5.75 Å². The lowest BCUT2D eigenvalue weighted by Gasteiger charge is -2.04. The number of hydrogen-bond donors (Lipinski definition) is 2. The Balaban J connectivity index is 1.64. The van der Waals surface area contributed by atoms with E-state index in [9.17, 15) is 0 Å². The molecule has 0 saturated carbocycles. The minimum Gasteiger partial charge on any atom is -0.496 e. The second kappa shape index (κ2) is 6.91. The maximum absolute atomic E-state index is 5.36. The maximum Gasteiger partial charge on any atom is 0.181 e. The molecule has 0 aliphatic rings. The van der Waals surface area contributed by atoms with Crippen molar-refractivity contribution in [2.24, 2.45) is 0 Å². The molecule has 0 spiro atoms. The highest BCUT2D eigenvalue weighted by Crippen LogP contribution is 2.31. The van der Waals surface area contributed by atoms with E-state index >= 15 is 0 Å². The summed E-state index contributed by atoms with van der Waals surface area (Å²) in [4.78, 5) is 0. The van der Waals surface area contributed by atoms with E-state index in [1.54, 1.807) is 7.11 Å². The first-order valence-corrected chi connectivity index (χ1v) is 7.51. The van der Waals surface area contributed by atoms with Gasteiger partial charge in [0.15, 0.2) is 11.6 Å². The van der Waals surface area contributed by atoms with Gasteiger partial charge in [-0.15, -0.1) is 0 Å². The van der Waals surface area contributed by atoms with E-state index in [4.69, 9.17) is 9.26 Å². The van der Waals surface area contributed by atoms with Gasteiger partial charge in [0.25, 0.3) is 0 Å². The average molecular weight is 313 g/mol. The molecular weight excluding hydrogens is 298 g/mol. The molecule has 112 valence electrons. The number of nitrogens with one attached hydrogen (secondary N) is 2. The van der Waals surface area contributed by atoms with Gasteiger partial charge in [0.05, 0.1) is 24.8 Å². The number of rotatable bonds is 6. The molecule has 22 heavy (non-hydrogen) atoms. The lowest BCUT2D eigenvalue weighted by atomic mass is 10.1. The molecule has 0 saturated heterocycles. The molecule has 3 rings (SSSR count). The fourth-order valence-corrected chi connectivity index (χ4v) is 2.45. The van der Waals surface area contributed by atoms with Crippen molar-refractivity contribution >= 4 is 23.6 Å². The average Bonchev–Trinajstić information content (AvgIpc) is 3.04. The fraction of sp³-hybridized carbons (Fsp3) is 0.0625. The number of anilines is 2. The zero-order valence-corrected chi connectivity index (χ0v) is 12.8. The van der Waals surface area contributed by atoms with Crippen LogP contribution >= 0.6 is 12.1 Å². The van der Waals surface area contributed by atoms with Gasteiger partial charge in [-0.2, -0.15) is 0 Å². The van der Waals surface area contributed by atoms with E-state index in [2.05, 4.69) is 14.6 Å². The lowest BCUT2D eigenvalue weighted by molar-refractivity contribution is 0.407. The van der Waals surface area contributed by atoms with Gasteiger partial charge in [0.1, 0.15) is 5.75 Å². The summed E-state index contributed by atoms with van der Waals surface area (Å²) < 4.78 is 16.9. The molecule has 1 aromatic heterocycles. The lowest BCUT2D eigenvalue weighted by Crippen LogP contribution is -1.93. The summed E-state index contributed by atoms with van der Waals surface area (Å²) in [5.74, 6) is 2.04. The second-order valence-electron chi connectivity index (χ2n) is 4.45. The molecule has 0 fully saturated rings. The number of para-hydroxylation sites is 2. The van der Waals surface area contributed by atoms with Gasteiger partial charge >= 0.3 is 0 Å². The number of benzene rings is 2. The summed E-state index contributed by atoms with van der Waals surface area (Å²) in [6, 6.07) is 19.4. The SMILES string of the molecule is COc1ccccc1-c1cc(NSNc2ccccc2)no1. The smallest absolute Gasteiger partial charge is 0.181 e. The van der Waals surface area contributed by atoms with Crippen LogP contribution in [-0.4, -0.2) is 12.3 Å². The van der Waals surface area contributed by atoms with Crippen molar-refractivity contribution in [1.29, 1.82) is 0 Å². The van der Waals surface area contributed by atoms with Gasteiger partial charge in [0, 0.05) is 11.8 Å². The van der Waals surface area contributed by atoms with Crippen LogP contribution in [0.15, 0.2) is 65.2 Å². The van der Waals surface area contributed by atoms with E-state index in [1.807, 2.05) is 60.7 Å². The highest BCUT2D eigenvalue weighted by Gasteiger charge is 2.11. The van der Waals surface area contributed by atoms with Crippen molar-refractivity contribution in [3.05, 3.63) is 60.7 Å². The van der Waals surface area contributed by atoms with Crippen molar-refractivity contribution in [3.8, 4) is 17.1 Å². The normalized spacial score (nSPS) is 10.2. The largest absolute Gasteiger partial charge is 0.496 e. The van der Waals surface area contributed by atoms with Crippen LogP contribution in [0, 0.1) is 0 Å². The summed E-state index contributed by atoms with van der Waals surface area (Å²) in [5, 5.41) is 4.00. The number of nitrogens with zero attached hydrogens (tertiary/aromatic N) is 1. The Hall–Kier alpha value is -2.60. The zero-order valence-electron chi connectivity index (χ0n) is 11.9. The molecule has 0 radical (unpaired) electrons. The van der Waals surface area contributed by atoms with Gasteiger partial charge in [-0.05, 0) is 24.3 Å². The number of aromatic nitrogens is 1. The molecule has 0 aliphatic heterocycles. The molecule has 6 heteroatoms. The van der Waals surface area contributed by atoms with Crippen molar-refractivity contribution in [3.63, 3.8) is 0 Å². The van der Waals surface area contributed by atoms with E-state index in [0.29, 0.717) is 11.6 Å². The number of ether oxygens (including phenoxy) is 1. The third kappa shape index (κ3) is 3.35. The second-order valence-corrected chi connectivity index (χ2v) is 5.06. The summed E-state index contributed by atoms with van der Waals surface area (Å²) in [5.41, 5.74) is 1.88. The molecule has 5 nitrogen and oxygen atoms in total. The third-order valence-electron chi connectivity index (χ3n) is 2.98. The first-order chi connectivity index (χ1) is 10.9. The molecule has 2 aromatic carbocycles. The van der Waals surface area contributed by atoms with Gasteiger partial charge in [-0.1, -0.05) is 35.5 Å². The van der Waals surface area contributed by atoms with Crippen LogP contribution in [-0.2, 0) is 0 Å². The van der Waals surface area contributed by atoms with Gasteiger partial charge in [0.2, 0.25) is 0 Å². The van der Waals surface area contributed by atoms with Crippen LogP contribution in [0.4, 0.5) is 11.5 Å². The molecule has 0 bridgehead atoms. The molecule has 0 unspecified atom stereocenters. The highest BCUT2D eigenvalue weighted by atomic mass is 32.2. The van der Waals surface area contributed by atoms with Crippen LogP contribution in [0.3, 0.4) is 0 Å². The fourth-order valence-electron chi connectivity index (χ4n) is 1.94. The Morgan fingerprint density at radius 2 is 1.77 bits per heavy atom. The molecule has 3 aromatic rings. The molecule has 0 atom stereocenters. The number of methoxy groups -OCH3 is 1. The topological polar surface area (TPSA) is 59.3 Å². The Labute approximate surface area is 132 Å². The third-order valence-corrected chi connectivity index (χ3v) is 3.63. The van der Waals surface area contributed by atoms with Gasteiger partial charge in [-0.25, -0.2) is 0 Å². The van der Waals surface area contributed by atoms with E-state index in [-0.39, 0.29) is 0 Å². The predicted octanol–water partition coefficient (Wildman–Crippen LogP) is 4.44. The van der Waals surface area contributed by atoms with Gasteiger partial charge < -0.3 is 14.0 Å². The maximum atomic E-state index is 5.36. The Morgan fingerprint density at radius 1 is 1.00 bits per heavy atom. The monoisotopic (exact) mass is 313 g/mol. The first kappa shape index (κ1) is 14.3. The standard InChI is InChI=1S/C16H15N3O2S/c1-20-14-10-6-5-9-13(14)15-11-16(17-21-15)19-22-18-12-7-3-2-4-8-12/h2-11,18H,1H3,(H,17,19). The summed E-state index contributed by atoms with van der Waals surface area (Å²) >= 11 is 1.32. The van der Waals surface area contributed by atoms with E-state index in [1.165, 1.54) is 12.1 Å². The molecule has 1 heterocycles. The highest BCUT2D eigenvalue weighted by molar-refractivity contribution is 8.01. The summed E-state index contributed by atoms with van der Waals surface area (Å²) in [6.07, 6.45) is 0. The van der Waals surface area contributed by atoms with Crippen molar-refractivity contribution in [2.45, 2.75) is 0 Å². The molecule has 2 N–H and O–H groups in total. The molecule has 0 amide bonds.